The second kappa shape index (κ2) is 7.69. The number of allylic oxidation sites excluding steroid dienone is 4. The van der Waals surface area contributed by atoms with Gasteiger partial charge in [-0.3, -0.25) is 13.9 Å². The fourth-order valence-corrected chi connectivity index (χ4v) is 4.76. The maximum absolute atomic E-state index is 14.8. The summed E-state index contributed by atoms with van der Waals surface area (Å²) < 4.78 is 86.4. The van der Waals surface area contributed by atoms with Crippen LogP contribution in [0.2, 0.25) is 0 Å². The molecule has 10 nitrogen and oxygen atoms in total. The highest BCUT2D eigenvalue weighted by atomic mass is 31.2. The molecule has 0 bridgehead atoms. The normalized spacial score (nSPS) is 22.2. The molecule has 1 rings (SSSR count). The van der Waals surface area contributed by atoms with Gasteiger partial charge >= 0.3 is 32.5 Å². The number of hydrogen-bond donors (Lipinski definition) is 5. The molecule has 2 unspecified atom stereocenters. The van der Waals surface area contributed by atoms with Gasteiger partial charge in [0.1, 0.15) is 5.41 Å². The van der Waals surface area contributed by atoms with Crippen LogP contribution < -0.4 is 0 Å². The maximum atomic E-state index is 14.8. The molecule has 1 aliphatic carbocycles. The van der Waals surface area contributed by atoms with Crippen LogP contribution in [0.1, 0.15) is 6.42 Å². The Bertz CT molecular complexity index is 795. The fourth-order valence-electron chi connectivity index (χ4n) is 2.95. The molecule has 29 heavy (non-hydrogen) atoms. The van der Waals surface area contributed by atoms with Gasteiger partial charge in [-0.25, -0.2) is 4.79 Å². The lowest BCUT2D eigenvalue weighted by Gasteiger charge is -2.48. The number of alkyl halides is 4. The Labute approximate surface area is 160 Å². The van der Waals surface area contributed by atoms with Crippen molar-refractivity contribution in [2.45, 2.75) is 23.3 Å². The Morgan fingerprint density at radius 3 is 1.86 bits per heavy atom. The molecule has 0 aromatic carbocycles. The lowest BCUT2D eigenvalue weighted by molar-refractivity contribution is -0.187. The van der Waals surface area contributed by atoms with E-state index in [4.69, 9.17) is 24.7 Å². The summed E-state index contributed by atoms with van der Waals surface area (Å²) in [6, 6.07) is 0. The van der Waals surface area contributed by atoms with Gasteiger partial charge in [0, 0.05) is 19.4 Å². The van der Waals surface area contributed by atoms with E-state index in [1.165, 1.54) is 0 Å². The van der Waals surface area contributed by atoms with E-state index in [1.54, 1.807) is 0 Å². The summed E-state index contributed by atoms with van der Waals surface area (Å²) in [5, 5.41) is 9.17. The fraction of sp³-hybridized carbons (Fsp3) is 0.538. The average Bonchev–Trinajstić information content (AvgIpc) is 2.57. The summed E-state index contributed by atoms with van der Waals surface area (Å²) in [5.74, 6) is -4.80. The highest BCUT2D eigenvalue weighted by molar-refractivity contribution is 7.54. The molecule has 0 aromatic heterocycles. The molecule has 0 spiro atoms. The number of methoxy groups -OCH3 is 1. The molecule has 1 aliphatic rings. The Kier molecular flexibility index (Phi) is 6.80. The lowest BCUT2D eigenvalue weighted by Crippen LogP contribution is -2.59. The Hall–Kier alpha value is -1.40. The van der Waals surface area contributed by atoms with Gasteiger partial charge in [0.15, 0.2) is 6.29 Å². The molecule has 5 N–H and O–H groups in total. The predicted molar refractivity (Wildman–Crippen MR) is 86.2 cm³/mol. The molecule has 166 valence electrons. The summed E-state index contributed by atoms with van der Waals surface area (Å²) in [4.78, 5) is 58.8. The molecule has 0 aromatic rings. The average molecular weight is 470 g/mol. The summed E-state index contributed by atoms with van der Waals surface area (Å²) in [5.41, 5.74) is -19.3. The molecule has 0 heterocycles. The Balaban J connectivity index is 3.97. The molecule has 0 radical (unpaired) electrons. The Morgan fingerprint density at radius 2 is 1.55 bits per heavy atom. The highest BCUT2D eigenvalue weighted by Gasteiger charge is 2.81. The third-order valence-electron chi connectivity index (χ3n) is 4.57. The van der Waals surface area contributed by atoms with Crippen LogP contribution in [0.4, 0.5) is 17.6 Å². The van der Waals surface area contributed by atoms with E-state index in [0.717, 1.165) is 6.08 Å². The smallest absolute Gasteiger partial charge is 0.395 e. The molecule has 0 amide bonds. The van der Waals surface area contributed by atoms with Gasteiger partial charge in [0.2, 0.25) is 5.60 Å². The summed E-state index contributed by atoms with van der Waals surface area (Å²) in [6.45, 7) is 0. The van der Waals surface area contributed by atoms with Crippen molar-refractivity contribution in [3.05, 3.63) is 24.3 Å². The first-order valence-corrected chi connectivity index (χ1v) is 10.6. The lowest BCUT2D eigenvalue weighted by atomic mass is 9.68. The van der Waals surface area contributed by atoms with Crippen molar-refractivity contribution < 1.29 is 65.7 Å². The molecule has 0 saturated heterocycles. The molecular formula is C13H16F4O10P2. The number of halogens is 4. The van der Waals surface area contributed by atoms with Crippen molar-refractivity contribution in [2.75, 3.05) is 7.11 Å². The molecular weight excluding hydrogens is 454 g/mol. The number of carboxylic acids is 1. The van der Waals surface area contributed by atoms with E-state index in [2.05, 4.69) is 4.74 Å². The van der Waals surface area contributed by atoms with E-state index >= 15 is 0 Å². The number of ether oxygens (including phenoxy) is 1. The van der Waals surface area contributed by atoms with Crippen molar-refractivity contribution in [1.82, 2.24) is 0 Å². The zero-order valence-corrected chi connectivity index (χ0v) is 16.1. The molecule has 0 saturated carbocycles. The van der Waals surface area contributed by atoms with Gasteiger partial charge in [-0.05, 0) is 0 Å². The van der Waals surface area contributed by atoms with E-state index in [-0.39, 0.29) is 6.08 Å². The van der Waals surface area contributed by atoms with Crippen LogP contribution in [0.15, 0.2) is 24.3 Å². The van der Waals surface area contributed by atoms with Gasteiger partial charge in [-0.1, -0.05) is 24.3 Å². The van der Waals surface area contributed by atoms with Crippen LogP contribution in [0, 0.1) is 11.3 Å². The maximum Gasteiger partial charge on any atom is 0.395 e. The van der Waals surface area contributed by atoms with Gasteiger partial charge in [-0.15, -0.1) is 0 Å². The summed E-state index contributed by atoms with van der Waals surface area (Å²) in [7, 11) is -13.0. The van der Waals surface area contributed by atoms with Crippen LogP contribution in [0.3, 0.4) is 0 Å². The number of aldehydes is 1. The van der Waals surface area contributed by atoms with Crippen LogP contribution in [-0.2, 0) is 23.5 Å². The first-order valence-electron chi connectivity index (χ1n) is 7.36. The van der Waals surface area contributed by atoms with E-state index in [9.17, 15) is 36.3 Å². The van der Waals surface area contributed by atoms with Crippen molar-refractivity contribution in [1.29, 1.82) is 0 Å². The number of carbonyl (C=O) groups is 2. The molecule has 16 heteroatoms. The number of hydrogen-bond acceptors (Lipinski definition) is 5. The number of rotatable bonds is 9. The first kappa shape index (κ1) is 25.6. The molecule has 0 aliphatic heterocycles. The quantitative estimate of drug-likeness (QED) is 0.143. The predicted octanol–water partition coefficient (Wildman–Crippen LogP) is 1.31. The van der Waals surface area contributed by atoms with Gasteiger partial charge in [-0.2, -0.15) is 17.6 Å². The van der Waals surface area contributed by atoms with E-state index in [0.29, 0.717) is 19.3 Å². The zero-order valence-electron chi connectivity index (χ0n) is 14.4. The number of aliphatic carboxylic acids is 1. The van der Waals surface area contributed by atoms with E-state index < -0.39 is 62.1 Å². The minimum absolute atomic E-state index is 0.219. The van der Waals surface area contributed by atoms with Crippen molar-refractivity contribution in [3.63, 3.8) is 0 Å². The van der Waals surface area contributed by atoms with Crippen molar-refractivity contribution in [2.24, 2.45) is 11.3 Å². The summed E-state index contributed by atoms with van der Waals surface area (Å²) in [6.07, 6.45) is -0.566. The van der Waals surface area contributed by atoms with Gasteiger partial charge in [0.25, 0.3) is 0 Å². The summed E-state index contributed by atoms with van der Waals surface area (Å²) >= 11 is 0. The van der Waals surface area contributed by atoms with E-state index in [1.807, 2.05) is 0 Å². The standard InChI is InChI=1S/C13H16F4O10P2/c1-27-10(7-18,9(19)20)6-8-4-2-3-5-11(8,12(14,15)28(21,22)23)13(16,17)29(24,25)26/h2-5,7-8H,6H2,1H3,(H,19,20)(H2,21,22,23)(H2,24,25,26). The van der Waals surface area contributed by atoms with Gasteiger partial charge in [0.05, 0.1) is 0 Å². The van der Waals surface area contributed by atoms with Crippen LogP contribution in [0.5, 0.6) is 0 Å². The Morgan fingerprint density at radius 1 is 1.10 bits per heavy atom. The third kappa shape index (κ3) is 3.74. The van der Waals surface area contributed by atoms with Crippen molar-refractivity contribution >= 4 is 27.4 Å². The second-order valence-electron chi connectivity index (χ2n) is 6.11. The monoisotopic (exact) mass is 470 g/mol. The SMILES string of the molecule is COC(C=O)(CC1C=CC=CC1(C(F)(F)P(=O)(O)O)C(F)(F)P(=O)(O)O)C(=O)O. The molecule has 2 atom stereocenters. The van der Waals surface area contributed by atoms with Crippen LogP contribution in [-0.4, -0.2) is 61.0 Å². The highest BCUT2D eigenvalue weighted by Crippen LogP contribution is 2.76. The largest absolute Gasteiger partial charge is 0.479 e. The zero-order chi connectivity index (χ0) is 23.1. The van der Waals surface area contributed by atoms with Crippen molar-refractivity contribution in [3.8, 4) is 0 Å². The first-order chi connectivity index (χ1) is 12.9. The molecule has 0 fully saturated rings. The minimum atomic E-state index is -6.83. The van der Waals surface area contributed by atoms with Gasteiger partial charge < -0.3 is 29.4 Å². The third-order valence-corrected chi connectivity index (χ3v) is 6.77. The second-order valence-corrected chi connectivity index (χ2v) is 9.41. The van der Waals surface area contributed by atoms with Crippen LogP contribution in [0.25, 0.3) is 0 Å². The number of carbonyl (C=O) groups excluding carboxylic acids is 1. The topological polar surface area (TPSA) is 179 Å². The van der Waals surface area contributed by atoms with Crippen LogP contribution >= 0.6 is 15.2 Å². The minimum Gasteiger partial charge on any atom is -0.479 e. The number of carboxylic acid groups (broad SMARTS) is 1.